The summed E-state index contributed by atoms with van der Waals surface area (Å²) < 4.78 is 4.89. The molecule has 0 N–H and O–H groups in total. The molecule has 262 valence electrons. The number of nitrogens with zero attached hydrogens (tertiary/aromatic N) is 2. The SMILES string of the molecule is CS(C)(c1ccc2[pH]c3ccc(-n4c5ccccc5c5ccccc54)cc3c2c1)c1ccc2[pH]c3ccc(-n4c5ccccc5c5ccccc54)cc3c2c1. The monoisotopic (exact) mass is 758 g/mol. The van der Waals surface area contributed by atoms with Crippen molar-refractivity contribution < 1.29 is 0 Å². The lowest BCUT2D eigenvalue weighted by atomic mass is 10.1. The molecule has 2 atom stereocenters. The van der Waals surface area contributed by atoms with Crippen molar-refractivity contribution in [3.05, 3.63) is 170 Å². The van der Waals surface area contributed by atoms with Gasteiger partial charge in [-0.15, -0.1) is 16.4 Å². The molecule has 0 saturated carbocycles. The lowest BCUT2D eigenvalue weighted by Gasteiger charge is -2.32. The molecule has 0 spiro atoms. The maximum atomic E-state index is 2.53. The number of rotatable bonds is 4. The Bertz CT molecular complexity index is 3200. The standard InChI is InChI=1S/C50H36N2P2S/c1-55(2,33-21-25-49-41(29-33)39-27-31(19-23-47(39)53-49)51-43-15-7-3-11-35(43)36-12-4-8-16-44(36)51)34-22-26-50-42(30-34)40-28-32(20-24-48(40)54-50)52-45-17-9-5-13-37(45)38-14-6-10-18-46(38)52/h3-30,53-54H,1-2H3. The zero-order valence-electron chi connectivity index (χ0n) is 30.5. The van der Waals surface area contributed by atoms with Gasteiger partial charge in [0.15, 0.2) is 0 Å². The van der Waals surface area contributed by atoms with E-state index in [2.05, 4.69) is 192 Å². The van der Waals surface area contributed by atoms with Crippen LogP contribution in [0.15, 0.2) is 180 Å². The van der Waals surface area contributed by atoms with E-state index in [0.717, 1.165) is 0 Å². The molecular weight excluding hydrogens is 723 g/mol. The van der Waals surface area contributed by atoms with Gasteiger partial charge in [-0.1, -0.05) is 72.8 Å². The molecule has 4 aromatic heterocycles. The van der Waals surface area contributed by atoms with Crippen LogP contribution in [0.5, 0.6) is 0 Å². The Hall–Kier alpha value is -5.69. The third-order valence-corrected chi connectivity index (χ3v) is 17.6. The van der Waals surface area contributed by atoms with Crippen LogP contribution in [-0.2, 0) is 0 Å². The van der Waals surface area contributed by atoms with Gasteiger partial charge in [0.2, 0.25) is 0 Å². The van der Waals surface area contributed by atoms with E-state index < -0.39 is 10.0 Å². The number of benzene rings is 8. The summed E-state index contributed by atoms with van der Waals surface area (Å²) >= 11 is 0. The molecule has 5 heteroatoms. The molecule has 0 bridgehead atoms. The summed E-state index contributed by atoms with van der Waals surface area (Å²) in [6.07, 6.45) is 4.96. The fraction of sp³-hybridized carbons (Fsp3) is 0.0400. The number of hydrogen-bond acceptors (Lipinski definition) is 0. The molecule has 2 nitrogen and oxygen atoms in total. The van der Waals surface area contributed by atoms with Gasteiger partial charge in [-0.05, 0) is 161 Å². The highest BCUT2D eigenvalue weighted by Crippen LogP contribution is 2.59. The Morgan fingerprint density at radius 2 is 0.636 bits per heavy atom. The molecule has 0 radical (unpaired) electrons. The molecule has 0 aliphatic rings. The van der Waals surface area contributed by atoms with E-state index in [-0.39, 0.29) is 0 Å². The van der Waals surface area contributed by atoms with Crippen LogP contribution in [-0.4, -0.2) is 21.6 Å². The molecule has 8 aromatic carbocycles. The smallest absolute Gasteiger partial charge is 0.0541 e. The number of para-hydroxylation sites is 4. The van der Waals surface area contributed by atoms with Crippen molar-refractivity contribution in [3.8, 4) is 11.4 Å². The molecule has 55 heavy (non-hydrogen) atoms. The first-order chi connectivity index (χ1) is 27.0. The molecule has 0 amide bonds. The average Bonchev–Trinajstić information content (AvgIpc) is 3.97. The summed E-state index contributed by atoms with van der Waals surface area (Å²) in [7, 11) is 0.0478. The molecule has 0 fully saturated rings. The van der Waals surface area contributed by atoms with Crippen molar-refractivity contribution in [2.45, 2.75) is 9.79 Å². The van der Waals surface area contributed by atoms with Gasteiger partial charge in [0, 0.05) is 32.9 Å². The van der Waals surface area contributed by atoms with Gasteiger partial charge in [-0.25, -0.2) is 0 Å². The third-order valence-electron chi connectivity index (χ3n) is 12.0. The topological polar surface area (TPSA) is 9.86 Å². The molecule has 12 rings (SSSR count). The Morgan fingerprint density at radius 3 is 1.00 bits per heavy atom. The molecule has 0 aliphatic heterocycles. The summed E-state index contributed by atoms with van der Waals surface area (Å²) in [5.74, 6) is 0. The average molecular weight is 759 g/mol. The van der Waals surface area contributed by atoms with Crippen LogP contribution < -0.4 is 0 Å². The first kappa shape index (κ1) is 31.6. The number of fused-ring (bicyclic) bond motifs is 12. The molecular formula is C50H36N2P2S. The number of aromatic nitrogens is 2. The molecule has 4 heterocycles. The van der Waals surface area contributed by atoms with Gasteiger partial charge in [0.25, 0.3) is 0 Å². The first-order valence-electron chi connectivity index (χ1n) is 18.8. The zero-order valence-corrected chi connectivity index (χ0v) is 33.3. The zero-order chi connectivity index (χ0) is 36.4. The van der Waals surface area contributed by atoms with Crippen LogP contribution in [0.2, 0.25) is 0 Å². The van der Waals surface area contributed by atoms with Crippen LogP contribution in [0.1, 0.15) is 0 Å². The van der Waals surface area contributed by atoms with E-state index in [1.54, 1.807) is 0 Å². The van der Waals surface area contributed by atoms with E-state index in [9.17, 15) is 0 Å². The van der Waals surface area contributed by atoms with Crippen LogP contribution in [0, 0.1) is 0 Å². The second kappa shape index (κ2) is 11.7. The minimum Gasteiger partial charge on any atom is -0.309 e. The lowest BCUT2D eigenvalue weighted by molar-refractivity contribution is 1.19. The van der Waals surface area contributed by atoms with E-state index in [1.807, 2.05) is 0 Å². The minimum absolute atomic E-state index is 0.681. The molecule has 12 aromatic rings. The van der Waals surface area contributed by atoms with Crippen LogP contribution >= 0.6 is 26.4 Å². The van der Waals surface area contributed by atoms with Gasteiger partial charge in [-0.3, -0.25) is 0 Å². The molecule has 2 unspecified atom stereocenters. The molecule has 0 aliphatic carbocycles. The van der Waals surface area contributed by atoms with Crippen molar-refractivity contribution in [2.24, 2.45) is 0 Å². The Kier molecular flexibility index (Phi) is 6.71. The van der Waals surface area contributed by atoms with Crippen molar-refractivity contribution >= 4 is 112 Å². The van der Waals surface area contributed by atoms with Crippen molar-refractivity contribution in [3.63, 3.8) is 0 Å². The number of hydrogen-bond donors (Lipinski definition) is 0. The largest absolute Gasteiger partial charge is 0.309 e. The Morgan fingerprint density at radius 1 is 0.327 bits per heavy atom. The quantitative estimate of drug-likeness (QED) is 0.169. The van der Waals surface area contributed by atoms with Crippen molar-refractivity contribution in [2.75, 3.05) is 12.5 Å². The summed E-state index contributed by atoms with van der Waals surface area (Å²) in [6.45, 7) is 0. The maximum Gasteiger partial charge on any atom is 0.0541 e. The fourth-order valence-corrected chi connectivity index (χ4v) is 13.7. The summed E-state index contributed by atoms with van der Waals surface area (Å²) in [5, 5.41) is 16.6. The van der Waals surface area contributed by atoms with Gasteiger partial charge in [0.1, 0.15) is 0 Å². The highest BCUT2D eigenvalue weighted by atomic mass is 32.3. The highest BCUT2D eigenvalue weighted by Gasteiger charge is 2.21. The minimum atomic E-state index is -1.31. The summed E-state index contributed by atoms with van der Waals surface area (Å²) in [5.41, 5.74) is 7.47. The van der Waals surface area contributed by atoms with Gasteiger partial charge in [-0.2, -0.15) is 10.0 Å². The second-order valence-corrected chi connectivity index (χ2v) is 21.4. The van der Waals surface area contributed by atoms with Crippen molar-refractivity contribution in [1.29, 1.82) is 0 Å². The lowest BCUT2D eigenvalue weighted by Crippen LogP contribution is -1.97. The normalized spacial score (nSPS) is 13.1. The maximum absolute atomic E-state index is 2.53. The van der Waals surface area contributed by atoms with Gasteiger partial charge in [0.05, 0.1) is 22.1 Å². The predicted octanol–water partition coefficient (Wildman–Crippen LogP) is 15.0. The summed E-state index contributed by atoms with van der Waals surface area (Å²) in [4.78, 5) is 2.87. The molecule has 0 saturated heterocycles. The van der Waals surface area contributed by atoms with E-state index in [4.69, 9.17) is 0 Å². The van der Waals surface area contributed by atoms with Gasteiger partial charge < -0.3 is 9.13 Å². The van der Waals surface area contributed by atoms with E-state index in [1.165, 1.54) is 107 Å². The predicted molar refractivity (Wildman–Crippen MR) is 247 cm³/mol. The second-order valence-electron chi connectivity index (χ2n) is 15.2. The Labute approximate surface area is 323 Å². The van der Waals surface area contributed by atoms with E-state index >= 15 is 0 Å². The van der Waals surface area contributed by atoms with Gasteiger partial charge >= 0.3 is 0 Å². The van der Waals surface area contributed by atoms with Crippen LogP contribution in [0.3, 0.4) is 0 Å². The van der Waals surface area contributed by atoms with E-state index in [0.29, 0.717) is 16.4 Å². The highest BCUT2D eigenvalue weighted by molar-refractivity contribution is 8.32. The van der Waals surface area contributed by atoms with Crippen LogP contribution in [0.4, 0.5) is 0 Å². The summed E-state index contributed by atoms with van der Waals surface area (Å²) in [6, 6.07) is 64.2. The first-order valence-corrected chi connectivity index (χ1v) is 23.3. The third kappa shape index (κ3) is 4.59. The van der Waals surface area contributed by atoms with Crippen molar-refractivity contribution in [1.82, 2.24) is 9.13 Å². The Balaban J connectivity index is 0.989. The van der Waals surface area contributed by atoms with Crippen LogP contribution in [0.25, 0.3) is 97.0 Å². The fourth-order valence-electron chi connectivity index (χ4n) is 9.18.